The van der Waals surface area contributed by atoms with E-state index in [1.165, 1.54) is 39.7 Å². The van der Waals surface area contributed by atoms with Crippen LogP contribution in [0.4, 0.5) is 0 Å². The number of aryl methyl sites for hydroxylation is 1. The molecule has 2 heterocycles. The van der Waals surface area contributed by atoms with E-state index in [4.69, 9.17) is 4.74 Å². The Morgan fingerprint density at radius 1 is 1.28 bits per heavy atom. The summed E-state index contributed by atoms with van der Waals surface area (Å²) in [6.45, 7) is 9.40. The van der Waals surface area contributed by atoms with Crippen LogP contribution in [-0.2, 0) is 18.3 Å². The number of rotatable bonds is 4. The molecule has 1 aliphatic carbocycles. The van der Waals surface area contributed by atoms with Gasteiger partial charge in [-0.1, -0.05) is 36.4 Å². The maximum atomic E-state index is 5.58. The number of hydrogen-bond donors (Lipinski definition) is 1. The number of nitrogens with one attached hydrogen (secondary N) is 1. The molecule has 150 valence electrons. The van der Waals surface area contributed by atoms with Crippen LogP contribution in [0, 0.1) is 12.8 Å². The first-order valence-corrected chi connectivity index (χ1v) is 10.7. The maximum absolute atomic E-state index is 5.58. The molecule has 2 aromatic carbocycles. The summed E-state index contributed by atoms with van der Waals surface area (Å²) in [5.74, 6) is 1.55. The molecule has 1 fully saturated rings. The van der Waals surface area contributed by atoms with Crippen molar-refractivity contribution in [2.45, 2.75) is 31.6 Å². The summed E-state index contributed by atoms with van der Waals surface area (Å²) in [4.78, 5) is 6.39. The number of ether oxygens (including phenoxy) is 1. The molecule has 1 aromatic heterocycles. The first-order chi connectivity index (χ1) is 14.1. The smallest absolute Gasteiger partial charge is 0.119 e. The van der Waals surface area contributed by atoms with Crippen molar-refractivity contribution in [3.8, 4) is 5.75 Å². The second kappa shape index (κ2) is 7.07. The number of piperidine rings is 1. The molecular formula is C26H30N2O. The third-order valence-electron chi connectivity index (χ3n) is 7.35. The van der Waals surface area contributed by atoms with Gasteiger partial charge in [0.05, 0.1) is 7.11 Å². The van der Waals surface area contributed by atoms with E-state index in [0.29, 0.717) is 5.92 Å². The van der Waals surface area contributed by atoms with Gasteiger partial charge in [0.25, 0.3) is 0 Å². The zero-order valence-corrected chi connectivity index (χ0v) is 17.5. The van der Waals surface area contributed by atoms with Gasteiger partial charge in [0.2, 0.25) is 0 Å². The fourth-order valence-electron chi connectivity index (χ4n) is 5.82. The maximum Gasteiger partial charge on any atom is 0.119 e. The molecule has 2 atom stereocenters. The molecule has 0 amide bonds. The van der Waals surface area contributed by atoms with E-state index >= 15 is 0 Å². The average molecular weight is 387 g/mol. The van der Waals surface area contributed by atoms with E-state index in [1.54, 1.807) is 7.11 Å². The summed E-state index contributed by atoms with van der Waals surface area (Å²) in [5, 5.41) is 1.42. The molecule has 0 spiro atoms. The lowest BCUT2D eigenvalue weighted by atomic mass is 9.58. The number of likely N-dealkylation sites (tertiary alicyclic amines) is 1. The predicted molar refractivity (Wildman–Crippen MR) is 120 cm³/mol. The van der Waals surface area contributed by atoms with Crippen LogP contribution in [0.5, 0.6) is 5.75 Å². The second-order valence-electron chi connectivity index (χ2n) is 8.84. The lowest BCUT2D eigenvalue weighted by molar-refractivity contribution is 0.0896. The second-order valence-corrected chi connectivity index (χ2v) is 8.84. The van der Waals surface area contributed by atoms with E-state index < -0.39 is 0 Å². The van der Waals surface area contributed by atoms with Crippen molar-refractivity contribution in [3.05, 3.63) is 77.5 Å². The normalized spacial score (nSPS) is 24.1. The van der Waals surface area contributed by atoms with Gasteiger partial charge >= 0.3 is 0 Å². The van der Waals surface area contributed by atoms with Gasteiger partial charge in [-0.15, -0.1) is 6.58 Å². The lowest BCUT2D eigenvalue weighted by Crippen LogP contribution is -2.53. The van der Waals surface area contributed by atoms with E-state index in [2.05, 4.69) is 65.9 Å². The summed E-state index contributed by atoms with van der Waals surface area (Å²) in [7, 11) is 1.76. The number of aromatic amines is 1. The van der Waals surface area contributed by atoms with Crippen molar-refractivity contribution in [1.29, 1.82) is 0 Å². The van der Waals surface area contributed by atoms with Gasteiger partial charge in [-0.3, -0.25) is 4.90 Å². The molecule has 1 N–H and O–H groups in total. The molecule has 3 heteroatoms. The van der Waals surface area contributed by atoms with E-state index in [0.717, 1.165) is 38.2 Å². The fourth-order valence-corrected chi connectivity index (χ4v) is 5.82. The number of aromatic nitrogens is 1. The molecule has 1 aliphatic heterocycles. The molecule has 0 saturated carbocycles. The van der Waals surface area contributed by atoms with Gasteiger partial charge in [0, 0.05) is 35.1 Å². The number of methoxy groups -OCH3 is 1. The van der Waals surface area contributed by atoms with Gasteiger partial charge in [-0.05, 0) is 67.5 Å². The number of benzene rings is 2. The highest BCUT2D eigenvalue weighted by Gasteiger charge is 2.48. The Hall–Kier alpha value is -2.52. The van der Waals surface area contributed by atoms with Gasteiger partial charge in [0.1, 0.15) is 5.75 Å². The molecule has 3 aromatic rings. The Balaban J connectivity index is 1.64. The van der Waals surface area contributed by atoms with Crippen molar-refractivity contribution in [2.75, 3.05) is 26.7 Å². The van der Waals surface area contributed by atoms with Crippen LogP contribution < -0.4 is 4.74 Å². The first-order valence-electron chi connectivity index (χ1n) is 10.7. The number of para-hydroxylation sites is 1. The molecule has 29 heavy (non-hydrogen) atoms. The van der Waals surface area contributed by atoms with Gasteiger partial charge in [-0.2, -0.15) is 0 Å². The van der Waals surface area contributed by atoms with Crippen molar-refractivity contribution < 1.29 is 4.74 Å². The lowest BCUT2D eigenvalue weighted by Gasteiger charge is -2.51. The average Bonchev–Trinajstić information content (AvgIpc) is 3.11. The van der Waals surface area contributed by atoms with Crippen molar-refractivity contribution in [2.24, 2.45) is 5.92 Å². The molecule has 0 bridgehead atoms. The number of H-pyrrole nitrogens is 1. The van der Waals surface area contributed by atoms with Crippen LogP contribution in [0.3, 0.4) is 0 Å². The minimum Gasteiger partial charge on any atom is -0.497 e. The summed E-state index contributed by atoms with van der Waals surface area (Å²) in [6, 6.07) is 15.5. The third-order valence-corrected chi connectivity index (χ3v) is 7.35. The quantitative estimate of drug-likeness (QED) is 0.637. The Labute approximate surface area is 173 Å². The minimum atomic E-state index is 0.161. The first kappa shape index (κ1) is 18.5. The van der Waals surface area contributed by atoms with Crippen LogP contribution in [0.15, 0.2) is 55.1 Å². The van der Waals surface area contributed by atoms with Crippen LogP contribution in [0.2, 0.25) is 0 Å². The number of fused-ring (bicyclic) bond motifs is 4. The minimum absolute atomic E-state index is 0.161. The highest BCUT2D eigenvalue weighted by Crippen LogP contribution is 2.49. The van der Waals surface area contributed by atoms with Crippen LogP contribution in [0.1, 0.15) is 28.8 Å². The summed E-state index contributed by atoms with van der Waals surface area (Å²) >= 11 is 0. The Bertz CT molecular complexity index is 1070. The standard InChI is InChI=1S/C26H30N2O/c1-4-12-28-13-11-26(19-8-6-9-21(14-19)29-3)16-24-23(15-20(26)17-28)22-10-5-7-18(2)25(22)27-24/h4-10,14,20,27H,1,11-13,15-17H2,2-3H3/t20?,26-/m1/s1. The predicted octanol–water partition coefficient (Wildman–Crippen LogP) is 5.03. The summed E-state index contributed by atoms with van der Waals surface area (Å²) < 4.78 is 5.58. The Morgan fingerprint density at radius 2 is 2.14 bits per heavy atom. The van der Waals surface area contributed by atoms with E-state index in [-0.39, 0.29) is 5.41 Å². The Kier molecular flexibility index (Phi) is 4.51. The van der Waals surface area contributed by atoms with Gasteiger partial charge < -0.3 is 9.72 Å². The van der Waals surface area contributed by atoms with Gasteiger partial charge in [0.15, 0.2) is 0 Å². The Morgan fingerprint density at radius 3 is 2.97 bits per heavy atom. The van der Waals surface area contributed by atoms with Gasteiger partial charge in [-0.25, -0.2) is 0 Å². The highest BCUT2D eigenvalue weighted by molar-refractivity contribution is 5.87. The number of nitrogens with zero attached hydrogens (tertiary/aromatic N) is 1. The van der Waals surface area contributed by atoms with Crippen molar-refractivity contribution >= 4 is 10.9 Å². The molecule has 0 radical (unpaired) electrons. The van der Waals surface area contributed by atoms with Crippen molar-refractivity contribution in [1.82, 2.24) is 9.88 Å². The number of hydrogen-bond acceptors (Lipinski definition) is 2. The van der Waals surface area contributed by atoms with Crippen molar-refractivity contribution in [3.63, 3.8) is 0 Å². The molecule has 5 rings (SSSR count). The SMILES string of the molecule is C=CCN1CC[C@]2(c3cccc(OC)c3)Cc3[nH]c4c(C)cccc4c3CC2C1. The van der Waals surface area contributed by atoms with E-state index in [9.17, 15) is 0 Å². The summed E-state index contributed by atoms with van der Waals surface area (Å²) in [6.07, 6.45) is 5.42. The zero-order valence-electron chi connectivity index (χ0n) is 17.5. The van der Waals surface area contributed by atoms with Crippen LogP contribution in [0.25, 0.3) is 10.9 Å². The molecule has 1 unspecified atom stereocenters. The fraction of sp³-hybridized carbons (Fsp3) is 0.385. The largest absolute Gasteiger partial charge is 0.497 e. The summed E-state index contributed by atoms with van der Waals surface area (Å²) in [5.41, 5.74) is 7.22. The van der Waals surface area contributed by atoms with Crippen LogP contribution in [-0.4, -0.2) is 36.6 Å². The molecule has 2 aliphatic rings. The van der Waals surface area contributed by atoms with Crippen LogP contribution >= 0.6 is 0 Å². The molecular weight excluding hydrogens is 356 g/mol. The monoisotopic (exact) mass is 386 g/mol. The highest BCUT2D eigenvalue weighted by atomic mass is 16.5. The van der Waals surface area contributed by atoms with E-state index in [1.807, 2.05) is 6.08 Å². The zero-order chi connectivity index (χ0) is 20.0. The molecule has 3 nitrogen and oxygen atoms in total. The topological polar surface area (TPSA) is 28.3 Å². The molecule has 1 saturated heterocycles. The third kappa shape index (κ3) is 2.91.